The molecule has 9 nitrogen and oxygen atoms in total. The van der Waals surface area contributed by atoms with Crippen molar-refractivity contribution in [2.75, 3.05) is 26.3 Å². The Labute approximate surface area is 280 Å². The molecule has 0 aromatic rings. The summed E-state index contributed by atoms with van der Waals surface area (Å²) in [5, 5.41) is 7.86. The molecule has 5 atom stereocenters. The van der Waals surface area contributed by atoms with Gasteiger partial charge in [0.25, 0.3) is 0 Å². The van der Waals surface area contributed by atoms with Crippen LogP contribution in [0.2, 0.25) is 0 Å². The van der Waals surface area contributed by atoms with Crippen molar-refractivity contribution in [1.29, 1.82) is 0 Å². The zero-order valence-corrected chi connectivity index (χ0v) is 30.1. The summed E-state index contributed by atoms with van der Waals surface area (Å²) < 4.78 is 39.4. The third-order valence-corrected chi connectivity index (χ3v) is 11.7. The second kappa shape index (κ2) is 14.2. The monoisotopic (exact) mass is 670 g/mol. The highest BCUT2D eigenvalue weighted by molar-refractivity contribution is 5.77. The van der Waals surface area contributed by atoms with Gasteiger partial charge in [-0.05, 0) is 93.3 Å². The van der Waals surface area contributed by atoms with E-state index in [2.05, 4.69) is 45.3 Å². The number of urea groups is 3. The van der Waals surface area contributed by atoms with Crippen LogP contribution in [0.4, 0.5) is 27.6 Å². The highest BCUT2D eigenvalue weighted by atomic mass is 19.3. The lowest BCUT2D eigenvalue weighted by Crippen LogP contribution is -2.58. The van der Waals surface area contributed by atoms with Crippen molar-refractivity contribution < 1.29 is 27.6 Å². The van der Waals surface area contributed by atoms with Gasteiger partial charge in [-0.25, -0.2) is 18.8 Å². The van der Waals surface area contributed by atoms with Gasteiger partial charge in [0, 0.05) is 49.3 Å². The Morgan fingerprint density at radius 3 is 2.06 bits per heavy atom. The van der Waals surface area contributed by atoms with E-state index in [-0.39, 0.29) is 70.5 Å². The van der Waals surface area contributed by atoms with Gasteiger partial charge in [0.15, 0.2) is 0 Å². The minimum absolute atomic E-state index is 0.00662. The molecular weight excluding hydrogens is 609 g/mol. The van der Waals surface area contributed by atoms with Gasteiger partial charge in [0.05, 0.1) is 0 Å². The van der Waals surface area contributed by atoms with Crippen molar-refractivity contribution in [3.63, 3.8) is 0 Å². The van der Waals surface area contributed by atoms with Crippen LogP contribution in [0.3, 0.4) is 0 Å². The van der Waals surface area contributed by atoms with Crippen LogP contribution in [0.1, 0.15) is 120 Å². The smallest absolute Gasteiger partial charge is 0.321 e. The van der Waals surface area contributed by atoms with E-state index in [1.165, 1.54) is 0 Å². The number of alkyl halides is 3. The van der Waals surface area contributed by atoms with Gasteiger partial charge >= 0.3 is 24.6 Å². The molecule has 3 saturated heterocycles. The van der Waals surface area contributed by atoms with Gasteiger partial charge < -0.3 is 25.3 Å². The summed E-state index contributed by atoms with van der Waals surface area (Å²) in [6.07, 6.45) is 8.71. The Balaban J connectivity index is 1.50. The Hall–Kier alpha value is -2.40. The average molecular weight is 671 g/mol. The second-order valence-electron chi connectivity index (χ2n) is 17.5. The Morgan fingerprint density at radius 1 is 0.830 bits per heavy atom. The van der Waals surface area contributed by atoms with Gasteiger partial charge in [0.1, 0.15) is 6.67 Å². The van der Waals surface area contributed by atoms with E-state index in [4.69, 9.17) is 0 Å². The van der Waals surface area contributed by atoms with E-state index in [0.717, 1.165) is 51.5 Å². The molecule has 0 aromatic heterocycles. The van der Waals surface area contributed by atoms with Crippen LogP contribution < -0.4 is 16.0 Å². The first-order valence-electron chi connectivity index (χ1n) is 17.8. The van der Waals surface area contributed by atoms with Crippen LogP contribution in [0.25, 0.3) is 0 Å². The summed E-state index contributed by atoms with van der Waals surface area (Å²) in [6, 6.07) is -1.35. The quantitative estimate of drug-likeness (QED) is 0.216. The average Bonchev–Trinajstić information content (AvgIpc) is 3.68. The second-order valence-corrected chi connectivity index (χ2v) is 17.5. The van der Waals surface area contributed by atoms with E-state index in [1.807, 2.05) is 30.6 Å². The highest BCUT2D eigenvalue weighted by Crippen LogP contribution is 2.48. The largest absolute Gasteiger partial charge is 0.335 e. The molecule has 0 radical (unpaired) electrons. The number of hydrogen-bond acceptors (Lipinski definition) is 3. The molecule has 4 rings (SSSR count). The molecule has 0 aromatic carbocycles. The van der Waals surface area contributed by atoms with Crippen molar-refractivity contribution in [3.8, 4) is 0 Å². The molecule has 4 aliphatic rings. The van der Waals surface area contributed by atoms with Crippen molar-refractivity contribution in [2.45, 2.75) is 156 Å². The standard InChI is InChI=1S/C35H61F3N6O3/c1-32(2,3)27-19-23(22-43(27)30(46)40-28(37)38)20-33(4,5)26-13-12-24(44(26)29(45)39-17-16-36)21-34(6,7)25-11-9-18-42(25)31(47)41-35(8)14-10-15-35/h23-28H,9-22H2,1-8H3,(H,39,45)(H,40,46)(H,41,47). The minimum atomic E-state index is -2.92. The molecule has 4 fully saturated rings. The molecule has 1 saturated carbocycles. The van der Waals surface area contributed by atoms with Crippen LogP contribution in [-0.2, 0) is 0 Å². The summed E-state index contributed by atoms with van der Waals surface area (Å²) >= 11 is 0. The Bertz CT molecular complexity index is 1120. The fourth-order valence-electron chi connectivity index (χ4n) is 9.30. The number of halogens is 3. The van der Waals surface area contributed by atoms with Gasteiger partial charge in [-0.3, -0.25) is 5.32 Å². The van der Waals surface area contributed by atoms with Crippen molar-refractivity contribution in [1.82, 2.24) is 30.7 Å². The van der Waals surface area contributed by atoms with E-state index in [1.54, 1.807) is 10.2 Å². The number of carbonyl (C=O) groups excluding carboxylic acids is 3. The molecule has 3 heterocycles. The first kappa shape index (κ1) is 37.4. The molecule has 0 bridgehead atoms. The fourth-order valence-corrected chi connectivity index (χ4v) is 9.30. The van der Waals surface area contributed by atoms with E-state index >= 15 is 0 Å². The third kappa shape index (κ3) is 8.61. The zero-order valence-electron chi connectivity index (χ0n) is 30.1. The highest BCUT2D eigenvalue weighted by Gasteiger charge is 2.51. The molecular formula is C35H61F3N6O3. The van der Waals surface area contributed by atoms with Crippen LogP contribution in [0.5, 0.6) is 0 Å². The first-order chi connectivity index (χ1) is 21.8. The predicted molar refractivity (Wildman–Crippen MR) is 178 cm³/mol. The summed E-state index contributed by atoms with van der Waals surface area (Å²) in [6.45, 7) is 14.4. The molecule has 12 heteroatoms. The maximum Gasteiger partial charge on any atom is 0.321 e. The third-order valence-electron chi connectivity index (χ3n) is 11.7. The molecule has 270 valence electrons. The molecule has 3 N–H and O–H groups in total. The molecule has 0 spiro atoms. The van der Waals surface area contributed by atoms with Crippen LogP contribution in [-0.4, -0.2) is 95.4 Å². The van der Waals surface area contributed by atoms with Crippen molar-refractivity contribution in [2.24, 2.45) is 22.2 Å². The lowest BCUT2D eigenvalue weighted by atomic mass is 9.74. The number of carbonyl (C=O) groups is 3. The Morgan fingerprint density at radius 2 is 1.49 bits per heavy atom. The topological polar surface area (TPSA) is 97.0 Å². The maximum atomic E-state index is 13.8. The van der Waals surface area contributed by atoms with Crippen molar-refractivity contribution >= 4 is 18.1 Å². The number of nitrogens with zero attached hydrogens (tertiary/aromatic N) is 3. The minimum Gasteiger partial charge on any atom is -0.335 e. The Kier molecular flexibility index (Phi) is 11.3. The molecule has 47 heavy (non-hydrogen) atoms. The normalized spacial score (nSPS) is 28.1. The zero-order chi connectivity index (χ0) is 34.9. The first-order valence-corrected chi connectivity index (χ1v) is 17.8. The summed E-state index contributed by atoms with van der Waals surface area (Å²) in [5.41, 5.74) is -1.03. The molecule has 6 amide bonds. The van der Waals surface area contributed by atoms with Crippen LogP contribution >= 0.6 is 0 Å². The summed E-state index contributed by atoms with van der Waals surface area (Å²) in [4.78, 5) is 45.5. The van der Waals surface area contributed by atoms with E-state index in [9.17, 15) is 27.6 Å². The van der Waals surface area contributed by atoms with Gasteiger partial charge in [-0.1, -0.05) is 48.5 Å². The fraction of sp³-hybridized carbons (Fsp3) is 0.914. The van der Waals surface area contributed by atoms with Gasteiger partial charge in [0.2, 0.25) is 0 Å². The molecule has 1 aliphatic carbocycles. The van der Waals surface area contributed by atoms with E-state index < -0.39 is 19.3 Å². The predicted octanol–water partition coefficient (Wildman–Crippen LogP) is 7.12. The molecule has 5 unspecified atom stereocenters. The number of nitrogens with one attached hydrogen (secondary N) is 3. The van der Waals surface area contributed by atoms with Crippen LogP contribution in [0.15, 0.2) is 0 Å². The summed E-state index contributed by atoms with van der Waals surface area (Å²) in [7, 11) is 0. The number of rotatable bonds is 10. The maximum absolute atomic E-state index is 13.8. The SMILES string of the molecule is CC1(NC(=O)N2CCCC2C(C)(C)CC2CCC(C(C)(C)CC3CC(C(C)(C)C)N(C(=O)NC(F)F)C3)N2C(=O)NCCF)CCC1. The lowest BCUT2D eigenvalue weighted by Gasteiger charge is -2.45. The van der Waals surface area contributed by atoms with Gasteiger partial charge in [-0.15, -0.1) is 0 Å². The van der Waals surface area contributed by atoms with Crippen LogP contribution in [0, 0.1) is 22.2 Å². The number of amides is 6. The van der Waals surface area contributed by atoms with E-state index in [0.29, 0.717) is 25.8 Å². The number of hydrogen-bond donors (Lipinski definition) is 3. The summed E-state index contributed by atoms with van der Waals surface area (Å²) in [5.74, 6) is 0.0759. The van der Waals surface area contributed by atoms with Gasteiger partial charge in [-0.2, -0.15) is 8.78 Å². The molecule has 3 aliphatic heterocycles. The lowest BCUT2D eigenvalue weighted by molar-refractivity contribution is 0.0653. The van der Waals surface area contributed by atoms with Crippen molar-refractivity contribution in [3.05, 3.63) is 0 Å². The number of likely N-dealkylation sites (tertiary alicyclic amines) is 3.